The van der Waals surface area contributed by atoms with Gasteiger partial charge in [0.2, 0.25) is 0 Å². The van der Waals surface area contributed by atoms with E-state index in [1.165, 1.54) is 33.4 Å². The first-order valence-electron chi connectivity index (χ1n) is 12.4. The van der Waals surface area contributed by atoms with E-state index in [0.717, 1.165) is 38.5 Å². The van der Waals surface area contributed by atoms with Crippen LogP contribution in [-0.4, -0.2) is 14.7 Å². The summed E-state index contributed by atoms with van der Waals surface area (Å²) in [6, 6.07) is 25.9. The van der Waals surface area contributed by atoms with Gasteiger partial charge in [0.1, 0.15) is 0 Å². The highest BCUT2D eigenvalue weighted by molar-refractivity contribution is 7.38. The minimum atomic E-state index is -2.62. The second-order valence-corrected chi connectivity index (χ2v) is 8.23. The quantitative estimate of drug-likeness (QED) is 0.315. The highest BCUT2D eigenvalue weighted by Gasteiger charge is 1.95. The van der Waals surface area contributed by atoms with Gasteiger partial charge >= 0.3 is 8.60 Å². The summed E-state index contributed by atoms with van der Waals surface area (Å²) in [6.45, 7) is 13.2. The van der Waals surface area contributed by atoms with Crippen molar-refractivity contribution < 1.29 is 14.7 Å². The number of hydrogen-bond acceptors (Lipinski definition) is 3. The van der Waals surface area contributed by atoms with Crippen LogP contribution in [0.15, 0.2) is 72.8 Å². The zero-order valence-corrected chi connectivity index (χ0v) is 22.9. The summed E-state index contributed by atoms with van der Waals surface area (Å²) < 4.78 is 0. The van der Waals surface area contributed by atoms with Crippen molar-refractivity contribution in [3.63, 3.8) is 0 Å². The smallest absolute Gasteiger partial charge is 0.324 e. The molecule has 0 amide bonds. The van der Waals surface area contributed by atoms with Crippen LogP contribution in [0.3, 0.4) is 0 Å². The van der Waals surface area contributed by atoms with Gasteiger partial charge in [-0.2, -0.15) is 0 Å². The van der Waals surface area contributed by atoms with Crippen LogP contribution in [0.1, 0.15) is 74.9 Å². The van der Waals surface area contributed by atoms with Crippen LogP contribution in [0, 0.1) is 0 Å². The standard InChI is InChI=1S/3C10H14.H3O3P/c3*1-3-9-7-5-6-8-10(9)4-2;1-4(2)3/h3*5-8H,3-4H2,1-2H3;1-3H. The van der Waals surface area contributed by atoms with E-state index in [0.29, 0.717) is 0 Å². The molecule has 0 aromatic heterocycles. The van der Waals surface area contributed by atoms with E-state index in [9.17, 15) is 0 Å². The third-order valence-electron chi connectivity index (χ3n) is 5.64. The van der Waals surface area contributed by atoms with Gasteiger partial charge in [-0.25, -0.2) is 0 Å². The Morgan fingerprint density at radius 2 is 0.500 bits per heavy atom. The van der Waals surface area contributed by atoms with E-state index in [1.807, 2.05) is 0 Å². The maximum Gasteiger partial charge on any atom is 0.324 e. The predicted molar refractivity (Wildman–Crippen MR) is 149 cm³/mol. The first-order chi connectivity index (χ1) is 16.4. The SMILES string of the molecule is CCc1ccccc1CC.CCc1ccccc1CC.CCc1ccccc1CC.OP(O)O. The molecule has 0 saturated carbocycles. The van der Waals surface area contributed by atoms with Gasteiger partial charge in [0.15, 0.2) is 0 Å². The lowest BCUT2D eigenvalue weighted by Gasteiger charge is -2.02. The van der Waals surface area contributed by atoms with E-state index >= 15 is 0 Å². The number of rotatable bonds is 6. The molecule has 3 aromatic carbocycles. The normalized spacial score (nSPS) is 9.71. The van der Waals surface area contributed by atoms with Crippen molar-refractivity contribution in [1.29, 1.82) is 0 Å². The Morgan fingerprint density at radius 3 is 0.588 bits per heavy atom. The second kappa shape index (κ2) is 20.4. The number of benzene rings is 3. The van der Waals surface area contributed by atoms with Crippen molar-refractivity contribution >= 4 is 8.60 Å². The van der Waals surface area contributed by atoms with Crippen molar-refractivity contribution in [2.24, 2.45) is 0 Å². The van der Waals surface area contributed by atoms with Crippen LogP contribution in [0.2, 0.25) is 0 Å². The van der Waals surface area contributed by atoms with E-state index < -0.39 is 8.60 Å². The lowest BCUT2D eigenvalue weighted by atomic mass is 10.0. The Morgan fingerprint density at radius 1 is 0.382 bits per heavy atom. The molecular weight excluding hydrogens is 439 g/mol. The fourth-order valence-corrected chi connectivity index (χ4v) is 3.74. The molecule has 0 fully saturated rings. The third-order valence-corrected chi connectivity index (χ3v) is 5.64. The Labute approximate surface area is 209 Å². The molecule has 3 aromatic rings. The van der Waals surface area contributed by atoms with E-state index in [1.54, 1.807) is 0 Å². The summed E-state index contributed by atoms with van der Waals surface area (Å²) >= 11 is 0. The van der Waals surface area contributed by atoms with Crippen LogP contribution in [0.4, 0.5) is 0 Å². The molecule has 0 aliphatic rings. The van der Waals surface area contributed by atoms with Gasteiger partial charge in [0.25, 0.3) is 0 Å². The average molecular weight is 485 g/mol. The fourth-order valence-electron chi connectivity index (χ4n) is 3.74. The fraction of sp³-hybridized carbons (Fsp3) is 0.400. The van der Waals surface area contributed by atoms with Crippen LogP contribution in [0.25, 0.3) is 0 Å². The first-order valence-corrected chi connectivity index (χ1v) is 13.6. The molecule has 0 radical (unpaired) electrons. The highest BCUT2D eigenvalue weighted by Crippen LogP contribution is 2.12. The van der Waals surface area contributed by atoms with Gasteiger partial charge in [0, 0.05) is 0 Å². The monoisotopic (exact) mass is 484 g/mol. The minimum Gasteiger partial charge on any atom is -0.328 e. The van der Waals surface area contributed by atoms with Crippen LogP contribution in [-0.2, 0) is 38.5 Å². The summed E-state index contributed by atoms with van der Waals surface area (Å²) in [6.07, 6.45) is 6.94. The van der Waals surface area contributed by atoms with Gasteiger partial charge in [-0.15, -0.1) is 0 Å². The van der Waals surface area contributed by atoms with Crippen molar-refractivity contribution in [3.8, 4) is 0 Å². The van der Waals surface area contributed by atoms with Gasteiger partial charge in [-0.05, 0) is 71.9 Å². The highest BCUT2D eigenvalue weighted by atomic mass is 31.2. The molecule has 0 aliphatic carbocycles. The van der Waals surface area contributed by atoms with Crippen molar-refractivity contribution in [2.75, 3.05) is 0 Å². The lowest BCUT2D eigenvalue weighted by molar-refractivity contribution is 0.368. The summed E-state index contributed by atoms with van der Waals surface area (Å²) in [4.78, 5) is 21.7. The summed E-state index contributed by atoms with van der Waals surface area (Å²) in [5.74, 6) is 0. The average Bonchev–Trinajstić information content (AvgIpc) is 2.88. The molecule has 0 atom stereocenters. The molecule has 0 spiro atoms. The first kappa shape index (κ1) is 32.0. The Kier molecular flexibility index (Phi) is 19.1. The molecule has 34 heavy (non-hydrogen) atoms. The van der Waals surface area contributed by atoms with Crippen molar-refractivity contribution in [3.05, 3.63) is 106 Å². The maximum atomic E-state index is 7.23. The second-order valence-electron chi connectivity index (χ2n) is 7.70. The Bertz CT molecular complexity index is 709. The van der Waals surface area contributed by atoms with Crippen molar-refractivity contribution in [1.82, 2.24) is 0 Å². The predicted octanol–water partition coefficient (Wildman–Crippen LogP) is 7.62. The molecule has 188 valence electrons. The summed E-state index contributed by atoms with van der Waals surface area (Å²) in [7, 11) is -2.62. The molecule has 0 bridgehead atoms. The largest absolute Gasteiger partial charge is 0.328 e. The molecular formula is C30H45O3P. The Balaban J connectivity index is 0.000000445. The Hall–Kier alpha value is -2.03. The summed E-state index contributed by atoms with van der Waals surface area (Å²) in [5.41, 5.74) is 8.94. The van der Waals surface area contributed by atoms with Gasteiger partial charge in [-0.1, -0.05) is 114 Å². The van der Waals surface area contributed by atoms with E-state index in [4.69, 9.17) is 14.7 Å². The zero-order chi connectivity index (χ0) is 25.8. The van der Waals surface area contributed by atoms with Crippen LogP contribution in [0.5, 0.6) is 0 Å². The maximum absolute atomic E-state index is 7.23. The molecule has 0 unspecified atom stereocenters. The van der Waals surface area contributed by atoms with E-state index in [-0.39, 0.29) is 0 Å². The zero-order valence-electron chi connectivity index (χ0n) is 22.0. The van der Waals surface area contributed by atoms with Gasteiger partial charge < -0.3 is 14.7 Å². The molecule has 3 N–H and O–H groups in total. The number of aryl methyl sites for hydroxylation is 6. The van der Waals surface area contributed by atoms with Gasteiger partial charge in [-0.3, -0.25) is 0 Å². The van der Waals surface area contributed by atoms with Crippen molar-refractivity contribution in [2.45, 2.75) is 80.1 Å². The lowest BCUT2D eigenvalue weighted by Crippen LogP contribution is -1.88. The molecule has 0 saturated heterocycles. The molecule has 3 nitrogen and oxygen atoms in total. The van der Waals surface area contributed by atoms with Crippen LogP contribution >= 0.6 is 8.60 Å². The third kappa shape index (κ3) is 13.6. The topological polar surface area (TPSA) is 60.7 Å². The number of hydrogen-bond donors (Lipinski definition) is 3. The van der Waals surface area contributed by atoms with Gasteiger partial charge in [0.05, 0.1) is 0 Å². The molecule has 3 rings (SSSR count). The minimum absolute atomic E-state index is 1.16. The molecule has 4 heteroatoms. The molecule has 0 aliphatic heterocycles. The molecule has 0 heterocycles. The van der Waals surface area contributed by atoms with Crippen LogP contribution < -0.4 is 0 Å². The van der Waals surface area contributed by atoms with E-state index in [2.05, 4.69) is 114 Å². The summed E-state index contributed by atoms with van der Waals surface area (Å²) in [5, 5.41) is 0.